The number of carbonyl (C=O) groups excluding carboxylic acids is 2. The Bertz CT molecular complexity index is 1760. The summed E-state index contributed by atoms with van der Waals surface area (Å²) < 4.78 is 29.4. The van der Waals surface area contributed by atoms with Crippen LogP contribution in [-0.4, -0.2) is 43.8 Å². The number of hydrogen-bond acceptors (Lipinski definition) is 4. The standard InChI is InChI=1S/C37H39Cl2N3O4S/c1-27-17-21-33(22-18-27)47(45,46)42(32-15-9-4-10-16-32)26-36(43)41(25-29-19-20-30(38)24-34(29)39)35(23-28-11-5-2-6-12-28)37(44)40-31-13-7-3-8-14-31/h2,4-6,9-12,15-22,24,31,35H,3,7-8,13-14,23,25-26H2,1H3,(H,40,44)/t35-/m1/s1. The molecule has 1 saturated carbocycles. The molecule has 0 radical (unpaired) electrons. The molecule has 47 heavy (non-hydrogen) atoms. The molecular weight excluding hydrogens is 653 g/mol. The van der Waals surface area contributed by atoms with E-state index in [9.17, 15) is 18.0 Å². The van der Waals surface area contributed by atoms with Crippen molar-refractivity contribution in [2.45, 2.75) is 69.0 Å². The summed E-state index contributed by atoms with van der Waals surface area (Å²) in [5.74, 6) is -0.831. The molecule has 4 aromatic rings. The number of aryl methyl sites for hydroxylation is 1. The van der Waals surface area contributed by atoms with Crippen LogP contribution in [0.5, 0.6) is 0 Å². The molecule has 1 aliphatic rings. The molecule has 5 rings (SSSR count). The number of nitrogens with zero attached hydrogens (tertiary/aromatic N) is 2. The topological polar surface area (TPSA) is 86.8 Å². The van der Waals surface area contributed by atoms with Gasteiger partial charge in [-0.25, -0.2) is 8.42 Å². The summed E-state index contributed by atoms with van der Waals surface area (Å²) in [5.41, 5.74) is 2.69. The number of benzene rings is 4. The van der Waals surface area contributed by atoms with Gasteiger partial charge in [0.05, 0.1) is 10.6 Å². The minimum atomic E-state index is -4.17. The van der Waals surface area contributed by atoms with Crippen molar-refractivity contribution in [2.75, 3.05) is 10.8 Å². The second-order valence-corrected chi connectivity index (χ2v) is 14.7. The van der Waals surface area contributed by atoms with E-state index in [-0.39, 0.29) is 29.8 Å². The summed E-state index contributed by atoms with van der Waals surface area (Å²) >= 11 is 12.8. The number of hydrogen-bond donors (Lipinski definition) is 1. The van der Waals surface area contributed by atoms with Gasteiger partial charge < -0.3 is 10.2 Å². The van der Waals surface area contributed by atoms with Crippen LogP contribution in [0.2, 0.25) is 10.0 Å². The molecule has 0 saturated heterocycles. The van der Waals surface area contributed by atoms with Gasteiger partial charge in [0.25, 0.3) is 10.0 Å². The smallest absolute Gasteiger partial charge is 0.264 e. The zero-order valence-corrected chi connectivity index (χ0v) is 28.6. The van der Waals surface area contributed by atoms with E-state index in [1.54, 1.807) is 60.7 Å². The highest BCUT2D eigenvalue weighted by Crippen LogP contribution is 2.28. The Balaban J connectivity index is 1.56. The molecule has 4 aromatic carbocycles. The molecule has 10 heteroatoms. The van der Waals surface area contributed by atoms with Crippen molar-refractivity contribution in [1.29, 1.82) is 0 Å². The van der Waals surface area contributed by atoms with Gasteiger partial charge in [-0.1, -0.05) is 115 Å². The van der Waals surface area contributed by atoms with Crippen molar-refractivity contribution in [3.8, 4) is 0 Å². The summed E-state index contributed by atoms with van der Waals surface area (Å²) in [6.45, 7) is 1.31. The second-order valence-electron chi connectivity index (χ2n) is 12.0. The summed E-state index contributed by atoms with van der Waals surface area (Å²) in [6, 6.07) is 28.6. The van der Waals surface area contributed by atoms with Crippen LogP contribution < -0.4 is 9.62 Å². The molecule has 0 aromatic heterocycles. The van der Waals surface area contributed by atoms with E-state index in [2.05, 4.69) is 5.32 Å². The Morgan fingerprint density at radius 1 is 0.851 bits per heavy atom. The van der Waals surface area contributed by atoms with Crippen LogP contribution in [-0.2, 0) is 32.6 Å². The number of anilines is 1. The molecule has 2 amide bonds. The van der Waals surface area contributed by atoms with E-state index < -0.39 is 28.5 Å². The van der Waals surface area contributed by atoms with Crippen LogP contribution in [0.25, 0.3) is 0 Å². The lowest BCUT2D eigenvalue weighted by molar-refractivity contribution is -0.140. The Morgan fingerprint density at radius 3 is 2.13 bits per heavy atom. The van der Waals surface area contributed by atoms with Crippen molar-refractivity contribution in [2.24, 2.45) is 0 Å². The van der Waals surface area contributed by atoms with E-state index in [4.69, 9.17) is 23.2 Å². The van der Waals surface area contributed by atoms with Gasteiger partial charge in [0, 0.05) is 29.1 Å². The van der Waals surface area contributed by atoms with Crippen LogP contribution >= 0.6 is 23.2 Å². The average Bonchev–Trinajstić information content (AvgIpc) is 3.07. The van der Waals surface area contributed by atoms with Crippen molar-refractivity contribution in [1.82, 2.24) is 10.2 Å². The van der Waals surface area contributed by atoms with Crippen molar-refractivity contribution in [3.05, 3.63) is 130 Å². The van der Waals surface area contributed by atoms with Gasteiger partial charge in [-0.2, -0.15) is 0 Å². The van der Waals surface area contributed by atoms with Crippen LogP contribution in [0.4, 0.5) is 5.69 Å². The first kappa shape index (κ1) is 34.5. The van der Waals surface area contributed by atoms with Crippen molar-refractivity contribution >= 4 is 50.7 Å². The van der Waals surface area contributed by atoms with Gasteiger partial charge in [0.1, 0.15) is 12.6 Å². The maximum absolute atomic E-state index is 14.6. The summed E-state index contributed by atoms with van der Waals surface area (Å²) in [7, 11) is -4.17. The second kappa shape index (κ2) is 15.8. The maximum atomic E-state index is 14.6. The van der Waals surface area contributed by atoms with Gasteiger partial charge in [-0.05, 0) is 67.3 Å². The van der Waals surface area contributed by atoms with Crippen molar-refractivity contribution < 1.29 is 18.0 Å². The number of halogens is 2. The molecule has 1 N–H and O–H groups in total. The lowest BCUT2D eigenvalue weighted by Gasteiger charge is -2.35. The third-order valence-electron chi connectivity index (χ3n) is 8.51. The first-order chi connectivity index (χ1) is 22.6. The molecule has 0 bridgehead atoms. The Hall–Kier alpha value is -3.85. The monoisotopic (exact) mass is 691 g/mol. The highest BCUT2D eigenvalue weighted by Gasteiger charge is 2.35. The summed E-state index contributed by atoms with van der Waals surface area (Å²) in [5, 5.41) is 3.99. The molecule has 1 fully saturated rings. The zero-order chi connectivity index (χ0) is 33.4. The predicted molar refractivity (Wildman–Crippen MR) is 188 cm³/mol. The van der Waals surface area contributed by atoms with Crippen LogP contribution in [0.3, 0.4) is 0 Å². The van der Waals surface area contributed by atoms with Crippen molar-refractivity contribution in [3.63, 3.8) is 0 Å². The Morgan fingerprint density at radius 2 is 1.49 bits per heavy atom. The van der Waals surface area contributed by atoms with E-state index in [0.29, 0.717) is 21.3 Å². The van der Waals surface area contributed by atoms with Gasteiger partial charge in [0.15, 0.2) is 0 Å². The minimum absolute atomic E-state index is 0.00771. The quantitative estimate of drug-likeness (QED) is 0.166. The van der Waals surface area contributed by atoms with Gasteiger partial charge in [-0.3, -0.25) is 13.9 Å². The minimum Gasteiger partial charge on any atom is -0.352 e. The first-order valence-corrected chi connectivity index (χ1v) is 18.0. The maximum Gasteiger partial charge on any atom is 0.264 e. The van der Waals surface area contributed by atoms with Gasteiger partial charge in [-0.15, -0.1) is 0 Å². The molecule has 0 heterocycles. The number of amides is 2. The van der Waals surface area contributed by atoms with Crippen LogP contribution in [0.15, 0.2) is 108 Å². The highest BCUT2D eigenvalue weighted by atomic mass is 35.5. The predicted octanol–water partition coefficient (Wildman–Crippen LogP) is 7.59. The molecule has 1 aliphatic carbocycles. The molecule has 1 atom stereocenters. The van der Waals surface area contributed by atoms with E-state index in [0.717, 1.165) is 47.5 Å². The van der Waals surface area contributed by atoms with Crippen LogP contribution in [0, 0.1) is 6.92 Å². The SMILES string of the molecule is Cc1ccc(S(=O)(=O)N(CC(=O)N(Cc2ccc(Cl)cc2Cl)[C@H](Cc2ccccc2)C(=O)NC2CCCCC2)c2ccccc2)cc1. The van der Waals surface area contributed by atoms with Crippen LogP contribution in [0.1, 0.15) is 48.8 Å². The lowest BCUT2D eigenvalue weighted by Crippen LogP contribution is -2.55. The van der Waals surface area contributed by atoms with E-state index in [1.807, 2.05) is 37.3 Å². The fourth-order valence-electron chi connectivity index (χ4n) is 5.89. The number of rotatable bonds is 12. The molecular formula is C37H39Cl2N3O4S. The third kappa shape index (κ3) is 8.95. The Kier molecular flexibility index (Phi) is 11.6. The molecule has 0 unspecified atom stereocenters. The third-order valence-corrected chi connectivity index (χ3v) is 10.9. The van der Waals surface area contributed by atoms with Gasteiger partial charge >= 0.3 is 0 Å². The fraction of sp³-hybridized carbons (Fsp3) is 0.297. The lowest BCUT2D eigenvalue weighted by atomic mass is 9.94. The number of nitrogens with one attached hydrogen (secondary N) is 1. The number of carbonyl (C=O) groups is 2. The molecule has 246 valence electrons. The van der Waals surface area contributed by atoms with Gasteiger partial charge in [0.2, 0.25) is 11.8 Å². The van der Waals surface area contributed by atoms with E-state index in [1.165, 1.54) is 17.0 Å². The first-order valence-electron chi connectivity index (χ1n) is 15.8. The number of sulfonamides is 1. The molecule has 0 aliphatic heterocycles. The zero-order valence-electron chi connectivity index (χ0n) is 26.3. The normalized spacial score (nSPS) is 14.3. The fourth-order valence-corrected chi connectivity index (χ4v) is 7.77. The summed E-state index contributed by atoms with van der Waals surface area (Å²) in [6.07, 6.45) is 5.16. The Labute approximate surface area is 287 Å². The average molecular weight is 693 g/mol. The summed E-state index contributed by atoms with van der Waals surface area (Å²) in [4.78, 5) is 30.4. The number of para-hydroxylation sites is 1. The largest absolute Gasteiger partial charge is 0.352 e. The molecule has 7 nitrogen and oxygen atoms in total. The highest BCUT2D eigenvalue weighted by molar-refractivity contribution is 7.92. The van der Waals surface area contributed by atoms with E-state index >= 15 is 0 Å². The molecule has 0 spiro atoms.